The van der Waals surface area contributed by atoms with Crippen molar-refractivity contribution >= 4 is 0 Å². The van der Waals surface area contributed by atoms with Gasteiger partial charge in [-0.15, -0.1) is 0 Å². The Kier molecular flexibility index (Phi) is 11.9. The Balaban J connectivity index is 1.64. The number of methoxy groups -OCH3 is 1. The molecular weight excluding hydrogens is 424 g/mol. The first-order chi connectivity index (χ1) is 16.0. The Bertz CT molecular complexity index is 851. The van der Waals surface area contributed by atoms with Gasteiger partial charge < -0.3 is 34.1 Å². The van der Waals surface area contributed by atoms with Crippen LogP contribution in [-0.4, -0.2) is 64.4 Å². The Morgan fingerprint density at radius 1 is 0.909 bits per heavy atom. The SMILES string of the molecule is COc1ccc(OCCNCC(O)COc2ccc(OCCOCC(C)C)cc2C#N)cc1. The number of hydrogen-bond donors (Lipinski definition) is 2. The summed E-state index contributed by atoms with van der Waals surface area (Å²) in [7, 11) is 1.62. The van der Waals surface area contributed by atoms with Crippen LogP contribution in [0.3, 0.4) is 0 Å². The first-order valence-corrected chi connectivity index (χ1v) is 11.0. The van der Waals surface area contributed by atoms with E-state index in [-0.39, 0.29) is 6.61 Å². The smallest absolute Gasteiger partial charge is 0.137 e. The van der Waals surface area contributed by atoms with Gasteiger partial charge in [0.15, 0.2) is 0 Å². The second-order valence-corrected chi connectivity index (χ2v) is 7.78. The normalized spacial score (nSPS) is 11.6. The number of ether oxygens (including phenoxy) is 5. The van der Waals surface area contributed by atoms with Gasteiger partial charge in [-0.2, -0.15) is 5.26 Å². The first kappa shape index (κ1) is 26.3. The lowest BCUT2D eigenvalue weighted by molar-refractivity contribution is 0.0818. The van der Waals surface area contributed by atoms with Gasteiger partial charge in [-0.25, -0.2) is 0 Å². The number of nitriles is 1. The molecule has 2 aromatic rings. The standard InChI is InChI=1S/C25H34N2O6/c1-19(2)17-30-12-13-32-24-8-9-25(20(14-24)15-26)33-18-21(28)16-27-10-11-31-23-6-4-22(29-3)5-7-23/h4-9,14,19,21,27-28H,10-13,16-18H2,1-3H3. The van der Waals surface area contributed by atoms with Crippen LogP contribution in [0.25, 0.3) is 0 Å². The highest BCUT2D eigenvalue weighted by Gasteiger charge is 2.10. The summed E-state index contributed by atoms with van der Waals surface area (Å²) in [5.74, 6) is 2.98. The minimum absolute atomic E-state index is 0.0598. The molecule has 0 aliphatic rings. The van der Waals surface area contributed by atoms with Crippen LogP contribution in [0.1, 0.15) is 19.4 Å². The summed E-state index contributed by atoms with van der Waals surface area (Å²) in [5, 5.41) is 22.7. The Morgan fingerprint density at radius 2 is 1.61 bits per heavy atom. The summed E-state index contributed by atoms with van der Waals surface area (Å²) in [5.41, 5.74) is 0.351. The maximum absolute atomic E-state index is 10.1. The van der Waals surface area contributed by atoms with E-state index in [0.717, 1.165) is 11.5 Å². The highest BCUT2D eigenvalue weighted by atomic mass is 16.5. The molecule has 8 heteroatoms. The molecule has 0 saturated carbocycles. The van der Waals surface area contributed by atoms with E-state index in [4.69, 9.17) is 23.7 Å². The van der Waals surface area contributed by atoms with Crippen molar-refractivity contribution in [3.05, 3.63) is 48.0 Å². The van der Waals surface area contributed by atoms with E-state index in [0.29, 0.717) is 62.5 Å². The molecule has 0 saturated heterocycles. The van der Waals surface area contributed by atoms with Gasteiger partial charge in [-0.05, 0) is 42.3 Å². The van der Waals surface area contributed by atoms with E-state index in [1.807, 2.05) is 24.3 Å². The van der Waals surface area contributed by atoms with Gasteiger partial charge in [0.2, 0.25) is 0 Å². The number of hydrogen-bond acceptors (Lipinski definition) is 8. The molecule has 2 aromatic carbocycles. The molecule has 0 aliphatic carbocycles. The molecular formula is C25H34N2O6. The zero-order valence-corrected chi connectivity index (χ0v) is 19.6. The zero-order chi connectivity index (χ0) is 23.9. The third-order valence-corrected chi connectivity index (χ3v) is 4.44. The lowest BCUT2D eigenvalue weighted by Crippen LogP contribution is -2.33. The van der Waals surface area contributed by atoms with Crippen molar-refractivity contribution in [1.82, 2.24) is 5.32 Å². The third kappa shape index (κ3) is 10.4. The highest BCUT2D eigenvalue weighted by Crippen LogP contribution is 2.24. The van der Waals surface area contributed by atoms with Gasteiger partial charge in [0.05, 0.1) is 19.3 Å². The quantitative estimate of drug-likeness (QED) is 0.370. The van der Waals surface area contributed by atoms with Crippen molar-refractivity contribution in [1.29, 1.82) is 5.26 Å². The molecule has 180 valence electrons. The average Bonchev–Trinajstić information content (AvgIpc) is 2.82. The molecule has 2 rings (SSSR count). The molecule has 2 N–H and O–H groups in total. The summed E-state index contributed by atoms with van der Waals surface area (Å²) in [6.07, 6.45) is -0.730. The van der Waals surface area contributed by atoms with Gasteiger partial charge in [0.25, 0.3) is 0 Å². The van der Waals surface area contributed by atoms with E-state index in [9.17, 15) is 10.4 Å². The molecule has 1 atom stereocenters. The molecule has 0 radical (unpaired) electrons. The Labute approximate surface area is 196 Å². The molecule has 1 unspecified atom stereocenters. The summed E-state index contributed by atoms with van der Waals surface area (Å²) in [6, 6.07) is 14.5. The lowest BCUT2D eigenvalue weighted by Gasteiger charge is -2.15. The van der Waals surface area contributed by atoms with Gasteiger partial charge in [0.1, 0.15) is 55.0 Å². The average molecular weight is 459 g/mol. The van der Waals surface area contributed by atoms with Crippen molar-refractivity contribution < 1.29 is 28.8 Å². The second kappa shape index (κ2) is 15.0. The van der Waals surface area contributed by atoms with Crippen molar-refractivity contribution in [2.24, 2.45) is 5.92 Å². The van der Waals surface area contributed by atoms with Crippen LogP contribution in [0.2, 0.25) is 0 Å². The lowest BCUT2D eigenvalue weighted by atomic mass is 10.2. The van der Waals surface area contributed by atoms with Crippen LogP contribution in [0, 0.1) is 17.2 Å². The largest absolute Gasteiger partial charge is 0.497 e. The second-order valence-electron chi connectivity index (χ2n) is 7.78. The van der Waals surface area contributed by atoms with E-state index >= 15 is 0 Å². The summed E-state index contributed by atoms with van der Waals surface area (Å²) in [4.78, 5) is 0. The fourth-order valence-corrected chi connectivity index (χ4v) is 2.78. The van der Waals surface area contributed by atoms with E-state index in [2.05, 4.69) is 25.2 Å². The van der Waals surface area contributed by atoms with E-state index in [1.54, 1.807) is 25.3 Å². The van der Waals surface area contributed by atoms with Gasteiger partial charge in [-0.3, -0.25) is 0 Å². The van der Waals surface area contributed by atoms with E-state index in [1.165, 1.54) is 0 Å². The van der Waals surface area contributed by atoms with Gasteiger partial charge in [0, 0.05) is 25.8 Å². The van der Waals surface area contributed by atoms with Crippen LogP contribution in [0.4, 0.5) is 0 Å². The van der Waals surface area contributed by atoms with Crippen LogP contribution in [-0.2, 0) is 4.74 Å². The van der Waals surface area contributed by atoms with Crippen molar-refractivity contribution in [2.45, 2.75) is 20.0 Å². The first-order valence-electron chi connectivity index (χ1n) is 11.0. The van der Waals surface area contributed by atoms with E-state index < -0.39 is 6.10 Å². The van der Waals surface area contributed by atoms with Crippen LogP contribution >= 0.6 is 0 Å². The summed E-state index contributed by atoms with van der Waals surface area (Å²) < 4.78 is 27.5. The molecule has 33 heavy (non-hydrogen) atoms. The van der Waals surface area contributed by atoms with Gasteiger partial charge >= 0.3 is 0 Å². The monoisotopic (exact) mass is 458 g/mol. The molecule has 0 spiro atoms. The number of aliphatic hydroxyl groups is 1. The minimum atomic E-state index is -0.730. The highest BCUT2D eigenvalue weighted by molar-refractivity contribution is 5.47. The van der Waals surface area contributed by atoms with Gasteiger partial charge in [-0.1, -0.05) is 13.8 Å². The maximum atomic E-state index is 10.1. The van der Waals surface area contributed by atoms with Crippen LogP contribution in [0.15, 0.2) is 42.5 Å². The maximum Gasteiger partial charge on any atom is 0.137 e. The fraction of sp³-hybridized carbons (Fsp3) is 0.480. The number of benzene rings is 2. The summed E-state index contributed by atoms with van der Waals surface area (Å²) in [6.45, 7) is 7.19. The molecule has 0 aromatic heterocycles. The predicted molar refractivity (Wildman–Crippen MR) is 125 cm³/mol. The number of nitrogens with zero attached hydrogens (tertiary/aromatic N) is 1. The third-order valence-electron chi connectivity index (χ3n) is 4.44. The molecule has 0 heterocycles. The Hall–Kier alpha value is -2.99. The van der Waals surface area contributed by atoms with Crippen molar-refractivity contribution in [3.8, 4) is 29.1 Å². The topological polar surface area (TPSA) is 102 Å². The molecule has 8 nitrogen and oxygen atoms in total. The molecule has 0 fully saturated rings. The van der Waals surface area contributed by atoms with Crippen LogP contribution in [0.5, 0.6) is 23.0 Å². The minimum Gasteiger partial charge on any atom is -0.497 e. The van der Waals surface area contributed by atoms with Crippen molar-refractivity contribution in [2.75, 3.05) is 53.2 Å². The van der Waals surface area contributed by atoms with Crippen LogP contribution < -0.4 is 24.3 Å². The predicted octanol–water partition coefficient (Wildman–Crippen LogP) is 3.03. The summed E-state index contributed by atoms with van der Waals surface area (Å²) >= 11 is 0. The molecule has 0 bridgehead atoms. The molecule has 0 amide bonds. The number of aliphatic hydroxyl groups excluding tert-OH is 1. The fourth-order valence-electron chi connectivity index (χ4n) is 2.78. The van der Waals surface area contributed by atoms with Crippen molar-refractivity contribution in [3.63, 3.8) is 0 Å². The Morgan fingerprint density at radius 3 is 2.30 bits per heavy atom. The molecule has 0 aliphatic heterocycles. The zero-order valence-electron chi connectivity index (χ0n) is 19.6. The number of rotatable bonds is 16. The number of nitrogens with one attached hydrogen (secondary N) is 1.